The quantitative estimate of drug-likeness (QED) is 0.657. The average Bonchev–Trinajstić information content (AvgIpc) is 3.00. The van der Waals surface area contributed by atoms with Crippen molar-refractivity contribution in [3.05, 3.63) is 36.4 Å². The van der Waals surface area contributed by atoms with E-state index >= 15 is 0 Å². The molecule has 7 nitrogen and oxygen atoms in total. The molecular formula is C18H23NO6. The molecule has 1 saturated heterocycles. The summed E-state index contributed by atoms with van der Waals surface area (Å²) in [6.45, 7) is 4.06. The number of nitrogens with one attached hydrogen (secondary N) is 1. The van der Waals surface area contributed by atoms with Gasteiger partial charge in [-0.05, 0) is 30.5 Å². The van der Waals surface area contributed by atoms with Crippen molar-refractivity contribution in [2.24, 2.45) is 0 Å². The van der Waals surface area contributed by atoms with Crippen LogP contribution >= 0.6 is 0 Å². The van der Waals surface area contributed by atoms with Gasteiger partial charge < -0.3 is 24.6 Å². The maximum Gasteiger partial charge on any atom is 0.305 e. The van der Waals surface area contributed by atoms with E-state index in [-0.39, 0.29) is 19.6 Å². The Balaban J connectivity index is 1.97. The first-order valence-electron chi connectivity index (χ1n) is 7.99. The van der Waals surface area contributed by atoms with E-state index in [1.165, 1.54) is 7.11 Å². The van der Waals surface area contributed by atoms with Gasteiger partial charge in [0.05, 0.1) is 25.7 Å². The molecule has 0 spiro atoms. The SMILES string of the molecule is C=CCc1ccc(OCC(=O)NC2(CC(=O)O)CCOC2)c(OC)c1. The number of amides is 1. The molecule has 1 aliphatic rings. The van der Waals surface area contributed by atoms with E-state index < -0.39 is 17.4 Å². The van der Waals surface area contributed by atoms with Crippen LogP contribution in [0.15, 0.2) is 30.9 Å². The van der Waals surface area contributed by atoms with Gasteiger partial charge in [0.15, 0.2) is 18.1 Å². The molecule has 0 radical (unpaired) electrons. The summed E-state index contributed by atoms with van der Waals surface area (Å²) >= 11 is 0. The van der Waals surface area contributed by atoms with Crippen LogP contribution in [0.25, 0.3) is 0 Å². The zero-order valence-corrected chi connectivity index (χ0v) is 14.2. The Morgan fingerprint density at radius 3 is 2.84 bits per heavy atom. The van der Waals surface area contributed by atoms with Crippen LogP contribution in [0, 0.1) is 0 Å². The number of rotatable bonds is 9. The van der Waals surface area contributed by atoms with Crippen LogP contribution in [0.1, 0.15) is 18.4 Å². The third-order valence-corrected chi connectivity index (χ3v) is 3.96. The average molecular weight is 349 g/mol. The van der Waals surface area contributed by atoms with Gasteiger partial charge in [-0.25, -0.2) is 0 Å². The first-order chi connectivity index (χ1) is 12.0. The maximum absolute atomic E-state index is 12.2. The zero-order chi connectivity index (χ0) is 18.3. The number of hydrogen-bond donors (Lipinski definition) is 2. The number of hydrogen-bond acceptors (Lipinski definition) is 5. The summed E-state index contributed by atoms with van der Waals surface area (Å²) in [5.41, 5.74) is 0.150. The number of ether oxygens (including phenoxy) is 3. The minimum Gasteiger partial charge on any atom is -0.493 e. The fourth-order valence-corrected chi connectivity index (χ4v) is 2.78. The van der Waals surface area contributed by atoms with Crippen LogP contribution in [0.3, 0.4) is 0 Å². The number of aliphatic carboxylic acids is 1. The van der Waals surface area contributed by atoms with E-state index in [1.54, 1.807) is 12.1 Å². The monoisotopic (exact) mass is 349 g/mol. The van der Waals surface area contributed by atoms with Gasteiger partial charge >= 0.3 is 5.97 Å². The van der Waals surface area contributed by atoms with Gasteiger partial charge in [-0.1, -0.05) is 12.1 Å². The summed E-state index contributed by atoms with van der Waals surface area (Å²) in [5, 5.41) is 11.8. The normalized spacial score (nSPS) is 19.2. The summed E-state index contributed by atoms with van der Waals surface area (Å²) in [7, 11) is 1.53. The Morgan fingerprint density at radius 1 is 1.44 bits per heavy atom. The van der Waals surface area contributed by atoms with Crippen LogP contribution in [0.5, 0.6) is 11.5 Å². The van der Waals surface area contributed by atoms with Gasteiger partial charge in [-0.2, -0.15) is 0 Å². The number of carbonyl (C=O) groups is 2. The second kappa shape index (κ2) is 8.53. The molecule has 1 aromatic carbocycles. The first-order valence-corrected chi connectivity index (χ1v) is 7.99. The summed E-state index contributed by atoms with van der Waals surface area (Å²) in [5.74, 6) is -0.410. The van der Waals surface area contributed by atoms with Crippen molar-refractivity contribution in [2.75, 3.05) is 26.9 Å². The van der Waals surface area contributed by atoms with Crippen LogP contribution in [-0.4, -0.2) is 49.5 Å². The molecule has 0 aromatic heterocycles. The van der Waals surface area contributed by atoms with Crippen LogP contribution in [0.4, 0.5) is 0 Å². The number of carboxylic acid groups (broad SMARTS) is 1. The highest BCUT2D eigenvalue weighted by atomic mass is 16.5. The van der Waals surface area contributed by atoms with Crippen molar-refractivity contribution in [3.63, 3.8) is 0 Å². The van der Waals surface area contributed by atoms with Crippen molar-refractivity contribution in [1.82, 2.24) is 5.32 Å². The molecule has 1 heterocycles. The minimum atomic E-state index is -0.980. The number of methoxy groups -OCH3 is 1. The van der Waals surface area contributed by atoms with Crippen molar-refractivity contribution in [3.8, 4) is 11.5 Å². The predicted octanol–water partition coefficient (Wildman–Crippen LogP) is 1.55. The summed E-state index contributed by atoms with van der Waals surface area (Å²) in [6.07, 6.45) is 2.77. The van der Waals surface area contributed by atoms with E-state index in [4.69, 9.17) is 19.3 Å². The van der Waals surface area contributed by atoms with Gasteiger partial charge in [0.2, 0.25) is 0 Å². The van der Waals surface area contributed by atoms with Gasteiger partial charge in [0.1, 0.15) is 0 Å². The van der Waals surface area contributed by atoms with Crippen LogP contribution < -0.4 is 14.8 Å². The third-order valence-electron chi connectivity index (χ3n) is 3.96. The molecule has 25 heavy (non-hydrogen) atoms. The minimum absolute atomic E-state index is 0.182. The van der Waals surface area contributed by atoms with Crippen molar-refractivity contribution < 1.29 is 28.9 Å². The second-order valence-corrected chi connectivity index (χ2v) is 5.97. The molecule has 0 saturated carbocycles. The topological polar surface area (TPSA) is 94.1 Å². The highest BCUT2D eigenvalue weighted by Gasteiger charge is 2.38. The fraction of sp³-hybridized carbons (Fsp3) is 0.444. The Kier molecular flexibility index (Phi) is 6.41. The highest BCUT2D eigenvalue weighted by molar-refractivity contribution is 5.80. The van der Waals surface area contributed by atoms with E-state index in [0.717, 1.165) is 5.56 Å². The molecule has 2 N–H and O–H groups in total. The molecule has 1 aliphatic heterocycles. The Bertz CT molecular complexity index is 636. The Labute approximate surface area is 146 Å². The van der Waals surface area contributed by atoms with Crippen LogP contribution in [0.2, 0.25) is 0 Å². The fourth-order valence-electron chi connectivity index (χ4n) is 2.78. The molecule has 7 heteroatoms. The molecule has 0 bridgehead atoms. The summed E-state index contributed by atoms with van der Waals surface area (Å²) in [4.78, 5) is 23.2. The zero-order valence-electron chi connectivity index (χ0n) is 14.2. The molecule has 1 fully saturated rings. The Morgan fingerprint density at radius 2 is 2.24 bits per heavy atom. The summed E-state index contributed by atoms with van der Waals surface area (Å²) < 4.78 is 16.1. The number of carboxylic acids is 1. The lowest BCUT2D eigenvalue weighted by molar-refractivity contribution is -0.139. The molecule has 1 unspecified atom stereocenters. The molecule has 1 amide bonds. The molecule has 136 valence electrons. The van der Waals surface area contributed by atoms with E-state index in [2.05, 4.69) is 11.9 Å². The first kappa shape index (κ1) is 18.8. The van der Waals surface area contributed by atoms with Crippen LogP contribution in [-0.2, 0) is 20.7 Å². The lowest BCUT2D eigenvalue weighted by atomic mass is 9.94. The van der Waals surface area contributed by atoms with Crippen molar-refractivity contribution >= 4 is 11.9 Å². The van der Waals surface area contributed by atoms with E-state index in [9.17, 15) is 9.59 Å². The Hall–Kier alpha value is -2.54. The lowest BCUT2D eigenvalue weighted by Crippen LogP contribution is -2.51. The van der Waals surface area contributed by atoms with Gasteiger partial charge in [-0.3, -0.25) is 9.59 Å². The predicted molar refractivity (Wildman–Crippen MR) is 91.0 cm³/mol. The third kappa shape index (κ3) is 5.22. The molecular weight excluding hydrogens is 326 g/mol. The summed E-state index contributed by atoms with van der Waals surface area (Å²) in [6, 6.07) is 5.43. The highest BCUT2D eigenvalue weighted by Crippen LogP contribution is 2.28. The molecule has 2 rings (SSSR count). The molecule has 1 atom stereocenters. The van der Waals surface area contributed by atoms with Crippen molar-refractivity contribution in [2.45, 2.75) is 24.8 Å². The largest absolute Gasteiger partial charge is 0.493 e. The number of allylic oxidation sites excluding steroid dienone is 1. The second-order valence-electron chi connectivity index (χ2n) is 5.97. The number of benzene rings is 1. The lowest BCUT2D eigenvalue weighted by Gasteiger charge is -2.27. The smallest absolute Gasteiger partial charge is 0.305 e. The molecule has 0 aliphatic carbocycles. The molecule has 1 aromatic rings. The standard InChI is InChI=1S/C18H23NO6/c1-3-4-13-5-6-14(15(9-13)23-2)25-11-16(20)19-18(10-17(21)22)7-8-24-12-18/h3,5-6,9H,1,4,7-8,10-12H2,2H3,(H,19,20)(H,21,22). The van der Waals surface area contributed by atoms with Crippen molar-refractivity contribution in [1.29, 1.82) is 0 Å². The van der Waals surface area contributed by atoms with E-state index in [0.29, 0.717) is 30.9 Å². The van der Waals surface area contributed by atoms with Gasteiger partial charge in [-0.15, -0.1) is 6.58 Å². The van der Waals surface area contributed by atoms with E-state index in [1.807, 2.05) is 12.1 Å². The number of carbonyl (C=O) groups excluding carboxylic acids is 1. The van der Waals surface area contributed by atoms with Gasteiger partial charge in [0.25, 0.3) is 5.91 Å². The maximum atomic E-state index is 12.2. The van der Waals surface area contributed by atoms with Gasteiger partial charge in [0, 0.05) is 6.61 Å².